The summed E-state index contributed by atoms with van der Waals surface area (Å²) in [6, 6.07) is 0. The van der Waals surface area contributed by atoms with Gasteiger partial charge in [0.1, 0.15) is 11.1 Å². The Hall–Kier alpha value is -0.380. The van der Waals surface area contributed by atoms with Gasteiger partial charge < -0.3 is 9.53 Å². The van der Waals surface area contributed by atoms with E-state index in [9.17, 15) is 9.59 Å². The van der Waals surface area contributed by atoms with Crippen molar-refractivity contribution < 1.29 is 14.3 Å². The molecule has 0 aliphatic rings. The van der Waals surface area contributed by atoms with Crippen LogP contribution in [0.4, 0.5) is 0 Å². The molecule has 1 atom stereocenters. The molecular formula is C13H23BrO3. The average Bonchev–Trinajstić information content (AvgIpc) is 2.35. The first-order valence-corrected chi connectivity index (χ1v) is 7.29. The van der Waals surface area contributed by atoms with Crippen LogP contribution in [0, 0.1) is 0 Å². The molecule has 3 nitrogen and oxygen atoms in total. The van der Waals surface area contributed by atoms with Gasteiger partial charge in [0.05, 0.1) is 7.11 Å². The highest BCUT2D eigenvalue weighted by Gasteiger charge is 2.13. The first-order valence-electron chi connectivity index (χ1n) is 6.38. The lowest BCUT2D eigenvalue weighted by Gasteiger charge is -2.06. The van der Waals surface area contributed by atoms with Crippen molar-refractivity contribution in [3.63, 3.8) is 0 Å². The van der Waals surface area contributed by atoms with Crippen molar-refractivity contribution in [2.24, 2.45) is 0 Å². The molecule has 0 aliphatic carbocycles. The number of carbonyl (C=O) groups is 2. The molecule has 0 aliphatic heterocycles. The second-order valence-corrected chi connectivity index (χ2v) is 5.31. The molecule has 0 rings (SSSR count). The van der Waals surface area contributed by atoms with E-state index in [0.29, 0.717) is 6.42 Å². The molecule has 0 spiro atoms. The third kappa shape index (κ3) is 10.5. The molecular weight excluding hydrogens is 284 g/mol. The molecule has 0 radical (unpaired) electrons. The largest absolute Gasteiger partial charge is 0.468 e. The van der Waals surface area contributed by atoms with Crippen LogP contribution in [0.3, 0.4) is 0 Å². The monoisotopic (exact) mass is 306 g/mol. The lowest BCUT2D eigenvalue weighted by Crippen LogP contribution is -2.15. The second-order valence-electron chi connectivity index (χ2n) is 4.21. The van der Waals surface area contributed by atoms with Gasteiger partial charge in [-0.3, -0.25) is 4.79 Å². The lowest BCUT2D eigenvalue weighted by atomic mass is 10.1. The Morgan fingerprint density at radius 2 is 1.65 bits per heavy atom. The number of aldehydes is 1. The number of unbranched alkanes of at least 4 members (excludes halogenated alkanes) is 7. The number of rotatable bonds is 11. The summed E-state index contributed by atoms with van der Waals surface area (Å²) in [5.74, 6) is -0.182. The van der Waals surface area contributed by atoms with E-state index in [2.05, 4.69) is 20.7 Å². The van der Waals surface area contributed by atoms with Gasteiger partial charge in [-0.2, -0.15) is 0 Å². The van der Waals surface area contributed by atoms with E-state index in [1.165, 1.54) is 26.4 Å². The minimum absolute atomic E-state index is 0.153. The van der Waals surface area contributed by atoms with E-state index in [4.69, 9.17) is 0 Å². The van der Waals surface area contributed by atoms with E-state index < -0.39 is 0 Å². The Labute approximate surface area is 112 Å². The molecule has 0 fully saturated rings. The van der Waals surface area contributed by atoms with Gasteiger partial charge in [-0.15, -0.1) is 0 Å². The van der Waals surface area contributed by atoms with E-state index in [1.807, 2.05) is 0 Å². The third-order valence-electron chi connectivity index (χ3n) is 2.74. The summed E-state index contributed by atoms with van der Waals surface area (Å²) >= 11 is 3.31. The first kappa shape index (κ1) is 16.6. The summed E-state index contributed by atoms with van der Waals surface area (Å²) < 4.78 is 4.63. The molecule has 0 aromatic carbocycles. The van der Waals surface area contributed by atoms with Gasteiger partial charge in [-0.25, -0.2) is 0 Å². The molecule has 0 amide bonds. The zero-order valence-electron chi connectivity index (χ0n) is 10.6. The lowest BCUT2D eigenvalue weighted by molar-refractivity contribution is -0.139. The maximum Gasteiger partial charge on any atom is 0.319 e. The number of halogens is 1. The predicted octanol–water partition coefficient (Wildman–Crippen LogP) is 3.63. The Kier molecular flexibility index (Phi) is 11.8. The van der Waals surface area contributed by atoms with E-state index >= 15 is 0 Å². The topological polar surface area (TPSA) is 43.4 Å². The summed E-state index contributed by atoms with van der Waals surface area (Å²) in [7, 11) is 1.41. The van der Waals surface area contributed by atoms with Gasteiger partial charge in [0.15, 0.2) is 0 Å². The van der Waals surface area contributed by atoms with Crippen molar-refractivity contribution in [1.29, 1.82) is 0 Å². The highest BCUT2D eigenvalue weighted by molar-refractivity contribution is 9.10. The van der Waals surface area contributed by atoms with Crippen LogP contribution in [-0.4, -0.2) is 24.2 Å². The van der Waals surface area contributed by atoms with Crippen molar-refractivity contribution in [2.75, 3.05) is 7.11 Å². The number of hydrogen-bond acceptors (Lipinski definition) is 3. The number of carbonyl (C=O) groups excluding carboxylic acids is 2. The smallest absolute Gasteiger partial charge is 0.319 e. The molecule has 1 unspecified atom stereocenters. The molecule has 0 aromatic heterocycles. The summed E-state index contributed by atoms with van der Waals surface area (Å²) in [6.07, 6.45) is 10.6. The number of ether oxygens (including phenoxy) is 1. The fourth-order valence-electron chi connectivity index (χ4n) is 1.68. The molecule has 0 saturated heterocycles. The molecule has 0 heterocycles. The predicted molar refractivity (Wildman–Crippen MR) is 72.3 cm³/mol. The van der Waals surface area contributed by atoms with Crippen LogP contribution in [0.15, 0.2) is 0 Å². The Morgan fingerprint density at radius 1 is 1.12 bits per heavy atom. The van der Waals surface area contributed by atoms with Crippen LogP contribution in [0.1, 0.15) is 57.8 Å². The summed E-state index contributed by atoms with van der Waals surface area (Å²) in [5.41, 5.74) is 0. The third-order valence-corrected chi connectivity index (χ3v) is 3.57. The summed E-state index contributed by atoms with van der Waals surface area (Å²) in [5, 5.41) is 0. The fourth-order valence-corrected chi connectivity index (χ4v) is 2.19. The summed E-state index contributed by atoms with van der Waals surface area (Å²) in [4.78, 5) is 21.0. The highest BCUT2D eigenvalue weighted by Crippen LogP contribution is 2.14. The molecule has 17 heavy (non-hydrogen) atoms. The van der Waals surface area contributed by atoms with Crippen LogP contribution in [-0.2, 0) is 14.3 Å². The second kappa shape index (κ2) is 12.1. The SMILES string of the molecule is COC(=O)C(Br)CCCCCCCCCC=O. The van der Waals surface area contributed by atoms with Crippen LogP contribution < -0.4 is 0 Å². The zero-order valence-corrected chi connectivity index (χ0v) is 12.2. The van der Waals surface area contributed by atoms with E-state index in [-0.39, 0.29) is 10.8 Å². The molecule has 0 saturated carbocycles. The highest BCUT2D eigenvalue weighted by atomic mass is 79.9. The number of hydrogen-bond donors (Lipinski definition) is 0. The van der Waals surface area contributed by atoms with Gasteiger partial charge in [0.25, 0.3) is 0 Å². The fraction of sp³-hybridized carbons (Fsp3) is 0.846. The molecule has 100 valence electrons. The van der Waals surface area contributed by atoms with Gasteiger partial charge in [-0.05, 0) is 12.8 Å². The quantitative estimate of drug-likeness (QED) is 0.253. The maximum absolute atomic E-state index is 11.1. The van der Waals surface area contributed by atoms with E-state index in [0.717, 1.165) is 38.4 Å². The van der Waals surface area contributed by atoms with Crippen LogP contribution >= 0.6 is 15.9 Å². The minimum atomic E-state index is -0.182. The average molecular weight is 307 g/mol. The summed E-state index contributed by atoms with van der Waals surface area (Å²) in [6.45, 7) is 0. The van der Waals surface area contributed by atoms with Crippen molar-refractivity contribution in [1.82, 2.24) is 0 Å². The maximum atomic E-state index is 11.1. The Bertz CT molecular complexity index is 207. The van der Waals surface area contributed by atoms with Gasteiger partial charge >= 0.3 is 5.97 Å². The molecule has 0 bridgehead atoms. The Balaban J connectivity index is 3.18. The number of esters is 1. The minimum Gasteiger partial charge on any atom is -0.468 e. The first-order chi connectivity index (χ1) is 8.22. The van der Waals surface area contributed by atoms with Crippen molar-refractivity contribution >= 4 is 28.2 Å². The van der Waals surface area contributed by atoms with Gasteiger partial charge in [-0.1, -0.05) is 54.5 Å². The van der Waals surface area contributed by atoms with Gasteiger partial charge in [0, 0.05) is 6.42 Å². The standard InChI is InChI=1S/C13H23BrO3/c1-17-13(16)12(14)10-8-6-4-2-3-5-7-9-11-15/h11-12H,2-10H2,1H3. The van der Waals surface area contributed by atoms with Crippen molar-refractivity contribution in [3.05, 3.63) is 0 Å². The number of methoxy groups -OCH3 is 1. The van der Waals surface area contributed by atoms with Crippen LogP contribution in [0.5, 0.6) is 0 Å². The zero-order chi connectivity index (χ0) is 12.9. The number of alkyl halides is 1. The van der Waals surface area contributed by atoms with Crippen molar-refractivity contribution in [2.45, 2.75) is 62.6 Å². The van der Waals surface area contributed by atoms with Crippen molar-refractivity contribution in [3.8, 4) is 0 Å². The van der Waals surface area contributed by atoms with Gasteiger partial charge in [0.2, 0.25) is 0 Å². The normalized spacial score (nSPS) is 12.1. The Morgan fingerprint density at radius 3 is 2.18 bits per heavy atom. The molecule has 0 N–H and O–H groups in total. The molecule has 0 aromatic rings. The molecule has 4 heteroatoms. The van der Waals surface area contributed by atoms with Crippen LogP contribution in [0.2, 0.25) is 0 Å². The van der Waals surface area contributed by atoms with Crippen LogP contribution in [0.25, 0.3) is 0 Å². The van der Waals surface area contributed by atoms with E-state index in [1.54, 1.807) is 0 Å².